The van der Waals surface area contributed by atoms with Gasteiger partial charge in [-0.3, -0.25) is 4.79 Å². The maximum absolute atomic E-state index is 12.2. The van der Waals surface area contributed by atoms with Crippen molar-refractivity contribution in [2.75, 3.05) is 0 Å². The van der Waals surface area contributed by atoms with Crippen LogP contribution in [0.3, 0.4) is 0 Å². The average Bonchev–Trinajstić information content (AvgIpc) is 2.39. The second-order valence-corrected chi connectivity index (χ2v) is 2.84. The Kier molecular flexibility index (Phi) is 3.41. The first-order valence-corrected chi connectivity index (χ1v) is 3.29. The minimum atomic E-state index is -2.66. The Labute approximate surface area is 74.3 Å². The van der Waals surface area contributed by atoms with Crippen LogP contribution in [0.2, 0.25) is 0 Å². The molecular weight excluding hydrogens is 192 g/mol. The van der Waals surface area contributed by atoms with Gasteiger partial charge in [-0.15, -0.1) is 12.4 Å². The van der Waals surface area contributed by atoms with Gasteiger partial charge in [-0.1, -0.05) is 0 Å². The molecule has 0 saturated heterocycles. The molecule has 1 rings (SSSR count). The van der Waals surface area contributed by atoms with E-state index in [1.807, 2.05) is 0 Å². The standard InChI is InChI=1S/C6H9F2NO2.ClH/c7-6(8)2-3(6)1-4(9)5(10)11;/h3-4H,1-2,9H2,(H,10,11);1H/t3?,4-;/m0./s1. The van der Waals surface area contributed by atoms with E-state index in [-0.39, 0.29) is 25.2 Å². The summed E-state index contributed by atoms with van der Waals surface area (Å²) in [5.74, 6) is -4.69. The quantitative estimate of drug-likeness (QED) is 0.712. The van der Waals surface area contributed by atoms with Gasteiger partial charge in [-0.2, -0.15) is 0 Å². The fraction of sp³-hybridized carbons (Fsp3) is 0.833. The molecule has 72 valence electrons. The lowest BCUT2D eigenvalue weighted by Gasteiger charge is -2.03. The van der Waals surface area contributed by atoms with Crippen molar-refractivity contribution < 1.29 is 18.7 Å². The van der Waals surface area contributed by atoms with Gasteiger partial charge in [-0.05, 0) is 6.42 Å². The van der Waals surface area contributed by atoms with E-state index in [0.717, 1.165) is 0 Å². The Morgan fingerprint density at radius 1 is 1.75 bits per heavy atom. The smallest absolute Gasteiger partial charge is 0.320 e. The number of carboxylic acids is 1. The van der Waals surface area contributed by atoms with Crippen molar-refractivity contribution in [1.82, 2.24) is 0 Å². The Hall–Kier alpha value is -0.420. The van der Waals surface area contributed by atoms with Gasteiger partial charge in [0.1, 0.15) is 6.04 Å². The molecule has 0 radical (unpaired) electrons. The number of rotatable bonds is 3. The van der Waals surface area contributed by atoms with Crippen LogP contribution in [0.1, 0.15) is 12.8 Å². The molecule has 0 heterocycles. The summed E-state index contributed by atoms with van der Waals surface area (Å²) in [7, 11) is 0. The Bertz CT molecular complexity index is 188. The van der Waals surface area contributed by atoms with E-state index in [0.29, 0.717) is 0 Å². The summed E-state index contributed by atoms with van der Waals surface area (Å²) in [6.45, 7) is 0. The van der Waals surface area contributed by atoms with Crippen molar-refractivity contribution >= 4 is 18.4 Å². The summed E-state index contributed by atoms with van der Waals surface area (Å²) >= 11 is 0. The summed E-state index contributed by atoms with van der Waals surface area (Å²) in [5.41, 5.74) is 5.05. The first-order valence-electron chi connectivity index (χ1n) is 3.29. The van der Waals surface area contributed by atoms with E-state index in [1.54, 1.807) is 0 Å². The van der Waals surface area contributed by atoms with Gasteiger partial charge < -0.3 is 10.8 Å². The molecule has 3 nitrogen and oxygen atoms in total. The van der Waals surface area contributed by atoms with Crippen LogP contribution in [0.15, 0.2) is 0 Å². The molecule has 0 spiro atoms. The SMILES string of the molecule is Cl.N[C@@H](CC1CC1(F)F)C(=O)O. The largest absolute Gasteiger partial charge is 0.480 e. The molecule has 6 heteroatoms. The number of hydrogen-bond acceptors (Lipinski definition) is 2. The Balaban J connectivity index is 0.00000121. The molecule has 2 atom stereocenters. The van der Waals surface area contributed by atoms with Crippen LogP contribution >= 0.6 is 12.4 Å². The number of aliphatic carboxylic acids is 1. The Morgan fingerprint density at radius 3 is 2.42 bits per heavy atom. The minimum absolute atomic E-state index is 0. The van der Waals surface area contributed by atoms with Gasteiger partial charge >= 0.3 is 5.97 Å². The number of hydrogen-bond donors (Lipinski definition) is 2. The second kappa shape index (κ2) is 3.53. The van der Waals surface area contributed by atoms with Gasteiger partial charge in [0, 0.05) is 12.3 Å². The zero-order valence-electron chi connectivity index (χ0n) is 6.17. The third kappa shape index (κ3) is 2.57. The lowest BCUT2D eigenvalue weighted by molar-refractivity contribution is -0.138. The third-order valence-electron chi connectivity index (χ3n) is 1.81. The van der Waals surface area contributed by atoms with Gasteiger partial charge in [0.15, 0.2) is 0 Å². The number of carbonyl (C=O) groups is 1. The lowest BCUT2D eigenvalue weighted by atomic mass is 10.1. The van der Waals surface area contributed by atoms with Gasteiger partial charge in [0.2, 0.25) is 0 Å². The lowest BCUT2D eigenvalue weighted by Crippen LogP contribution is -2.31. The number of halogens is 3. The van der Waals surface area contributed by atoms with E-state index in [1.165, 1.54) is 0 Å². The van der Waals surface area contributed by atoms with Crippen molar-refractivity contribution in [3.05, 3.63) is 0 Å². The molecule has 0 aliphatic heterocycles. The average molecular weight is 202 g/mol. The van der Waals surface area contributed by atoms with Crippen LogP contribution in [-0.4, -0.2) is 23.0 Å². The van der Waals surface area contributed by atoms with Crippen molar-refractivity contribution in [2.45, 2.75) is 24.8 Å². The number of carboxylic acid groups (broad SMARTS) is 1. The van der Waals surface area contributed by atoms with Crippen molar-refractivity contribution in [1.29, 1.82) is 0 Å². The summed E-state index contributed by atoms with van der Waals surface area (Å²) in [6, 6.07) is -1.15. The molecule has 3 N–H and O–H groups in total. The van der Waals surface area contributed by atoms with E-state index < -0.39 is 23.9 Å². The monoisotopic (exact) mass is 201 g/mol. The maximum Gasteiger partial charge on any atom is 0.320 e. The highest BCUT2D eigenvalue weighted by atomic mass is 35.5. The van der Waals surface area contributed by atoms with Crippen LogP contribution in [0.4, 0.5) is 8.78 Å². The molecule has 0 amide bonds. The predicted octanol–water partition coefficient (Wildman–Crippen LogP) is 0.865. The highest BCUT2D eigenvalue weighted by molar-refractivity contribution is 5.85. The Morgan fingerprint density at radius 2 is 2.17 bits per heavy atom. The summed E-state index contributed by atoms with van der Waals surface area (Å²) in [6.07, 6.45) is -0.337. The summed E-state index contributed by atoms with van der Waals surface area (Å²) < 4.78 is 24.3. The first kappa shape index (κ1) is 11.6. The number of nitrogens with two attached hydrogens (primary N) is 1. The third-order valence-corrected chi connectivity index (χ3v) is 1.81. The normalized spacial score (nSPS) is 27.1. The second-order valence-electron chi connectivity index (χ2n) is 2.84. The van der Waals surface area contributed by atoms with Crippen molar-refractivity contribution in [2.24, 2.45) is 11.7 Å². The molecule has 1 saturated carbocycles. The van der Waals surface area contributed by atoms with E-state index in [9.17, 15) is 13.6 Å². The van der Waals surface area contributed by atoms with Gasteiger partial charge in [0.05, 0.1) is 0 Å². The fourth-order valence-corrected chi connectivity index (χ4v) is 0.933. The number of alkyl halides is 2. The van der Waals surface area contributed by atoms with Crippen molar-refractivity contribution in [3.8, 4) is 0 Å². The van der Waals surface area contributed by atoms with Crippen LogP contribution in [0.5, 0.6) is 0 Å². The van der Waals surface area contributed by atoms with Crippen LogP contribution < -0.4 is 5.73 Å². The molecule has 0 bridgehead atoms. The molecule has 1 aliphatic rings. The molecule has 12 heavy (non-hydrogen) atoms. The van der Waals surface area contributed by atoms with Crippen molar-refractivity contribution in [3.63, 3.8) is 0 Å². The highest BCUT2D eigenvalue weighted by Crippen LogP contribution is 2.50. The molecule has 1 aliphatic carbocycles. The van der Waals surface area contributed by atoms with Gasteiger partial charge in [0.25, 0.3) is 5.92 Å². The van der Waals surface area contributed by atoms with Crippen LogP contribution in [0.25, 0.3) is 0 Å². The summed E-state index contributed by atoms with van der Waals surface area (Å²) in [4.78, 5) is 10.1. The first-order chi connectivity index (χ1) is 4.93. The molecular formula is C6H10ClF2NO2. The van der Waals surface area contributed by atoms with Crippen LogP contribution in [-0.2, 0) is 4.79 Å². The van der Waals surface area contributed by atoms with E-state index in [4.69, 9.17) is 10.8 Å². The van der Waals surface area contributed by atoms with E-state index in [2.05, 4.69) is 0 Å². The molecule has 0 aromatic heterocycles. The molecule has 1 fully saturated rings. The molecule has 0 aromatic rings. The topological polar surface area (TPSA) is 63.3 Å². The zero-order valence-corrected chi connectivity index (χ0v) is 6.98. The van der Waals surface area contributed by atoms with E-state index >= 15 is 0 Å². The molecule has 1 unspecified atom stereocenters. The minimum Gasteiger partial charge on any atom is -0.480 e. The predicted molar refractivity (Wildman–Crippen MR) is 40.5 cm³/mol. The van der Waals surface area contributed by atoms with Crippen LogP contribution in [0, 0.1) is 5.92 Å². The highest BCUT2D eigenvalue weighted by Gasteiger charge is 2.57. The maximum atomic E-state index is 12.2. The summed E-state index contributed by atoms with van der Waals surface area (Å²) in [5, 5.41) is 8.26. The molecule has 0 aromatic carbocycles. The van der Waals surface area contributed by atoms with Gasteiger partial charge in [-0.25, -0.2) is 8.78 Å². The zero-order chi connectivity index (χ0) is 8.65. The fourth-order valence-electron chi connectivity index (χ4n) is 0.933.